The van der Waals surface area contributed by atoms with E-state index in [-0.39, 0.29) is 5.91 Å². The van der Waals surface area contributed by atoms with Crippen LogP contribution in [0.1, 0.15) is 50.0 Å². The van der Waals surface area contributed by atoms with Crippen LogP contribution in [0, 0.1) is 5.92 Å². The molecular weight excluding hydrogens is 324 g/mol. The Hall–Kier alpha value is -2.49. The smallest absolute Gasteiger partial charge is 0.258 e. The van der Waals surface area contributed by atoms with Gasteiger partial charge in [-0.25, -0.2) is 0 Å². The Bertz CT molecular complexity index is 770. The van der Waals surface area contributed by atoms with Gasteiger partial charge >= 0.3 is 0 Å². The van der Waals surface area contributed by atoms with Crippen molar-refractivity contribution in [2.75, 3.05) is 18.5 Å². The zero-order valence-electron chi connectivity index (χ0n) is 16.1. The maximum atomic E-state index is 13.1. The van der Waals surface area contributed by atoms with Gasteiger partial charge in [0.25, 0.3) is 5.91 Å². The van der Waals surface area contributed by atoms with E-state index >= 15 is 0 Å². The Morgan fingerprint density at radius 2 is 1.77 bits per heavy atom. The standard InChI is InChI=1S/C22H28N2O2/c1-5-22(17-11-13-18(14-12-17)26-15-16(3)4)23-20-10-8-7-9-19(20)21(25)24(22)6-2/h7-14,16,23H,5-6,15H2,1-4H3. The minimum atomic E-state index is -0.545. The molecule has 2 aromatic rings. The first-order chi connectivity index (χ1) is 12.5. The van der Waals surface area contributed by atoms with Gasteiger partial charge in [0, 0.05) is 12.2 Å². The minimum Gasteiger partial charge on any atom is -0.493 e. The molecule has 1 amide bonds. The molecule has 0 spiro atoms. The average molecular weight is 352 g/mol. The second-order valence-corrected chi connectivity index (χ2v) is 7.16. The fourth-order valence-corrected chi connectivity index (χ4v) is 3.60. The highest BCUT2D eigenvalue weighted by atomic mass is 16.5. The predicted molar refractivity (Wildman–Crippen MR) is 106 cm³/mol. The molecule has 1 aliphatic heterocycles. The molecule has 1 aliphatic rings. The fraction of sp³-hybridized carbons (Fsp3) is 0.409. The quantitative estimate of drug-likeness (QED) is 0.806. The molecule has 0 bridgehead atoms. The molecule has 1 heterocycles. The van der Waals surface area contributed by atoms with Crippen LogP contribution in [0.5, 0.6) is 5.75 Å². The van der Waals surface area contributed by atoms with Crippen LogP contribution in [0.25, 0.3) is 0 Å². The Labute approximate surface area is 156 Å². The zero-order valence-corrected chi connectivity index (χ0v) is 16.1. The van der Waals surface area contributed by atoms with Crippen molar-refractivity contribution < 1.29 is 9.53 Å². The molecule has 1 N–H and O–H groups in total. The van der Waals surface area contributed by atoms with Crippen LogP contribution < -0.4 is 10.1 Å². The number of para-hydroxylation sites is 1. The van der Waals surface area contributed by atoms with E-state index in [9.17, 15) is 4.79 Å². The van der Waals surface area contributed by atoms with Crippen LogP contribution >= 0.6 is 0 Å². The molecule has 4 heteroatoms. The van der Waals surface area contributed by atoms with Crippen molar-refractivity contribution >= 4 is 11.6 Å². The highest BCUT2D eigenvalue weighted by molar-refractivity contribution is 6.02. The van der Waals surface area contributed by atoms with Crippen LogP contribution in [-0.2, 0) is 5.66 Å². The first kappa shape index (κ1) is 18.3. The number of fused-ring (bicyclic) bond motifs is 1. The van der Waals surface area contributed by atoms with E-state index in [2.05, 4.69) is 38.2 Å². The van der Waals surface area contributed by atoms with Crippen LogP contribution in [0.3, 0.4) is 0 Å². The Morgan fingerprint density at radius 1 is 1.08 bits per heavy atom. The van der Waals surface area contributed by atoms with Crippen molar-refractivity contribution in [2.45, 2.75) is 39.8 Å². The van der Waals surface area contributed by atoms with Gasteiger partial charge in [-0.15, -0.1) is 0 Å². The molecule has 3 rings (SSSR count). The van der Waals surface area contributed by atoms with Crippen molar-refractivity contribution in [3.8, 4) is 5.75 Å². The predicted octanol–water partition coefficient (Wildman–Crippen LogP) is 4.87. The third-order valence-electron chi connectivity index (χ3n) is 4.95. The summed E-state index contributed by atoms with van der Waals surface area (Å²) < 4.78 is 5.81. The van der Waals surface area contributed by atoms with E-state index in [1.807, 2.05) is 48.2 Å². The Morgan fingerprint density at radius 3 is 2.38 bits per heavy atom. The van der Waals surface area contributed by atoms with E-state index < -0.39 is 5.66 Å². The number of hydrogen-bond acceptors (Lipinski definition) is 3. The summed E-state index contributed by atoms with van der Waals surface area (Å²) in [6.07, 6.45) is 0.771. The van der Waals surface area contributed by atoms with E-state index in [1.54, 1.807) is 0 Å². The number of carbonyl (C=O) groups is 1. The largest absolute Gasteiger partial charge is 0.493 e. The van der Waals surface area contributed by atoms with Crippen LogP contribution in [0.15, 0.2) is 48.5 Å². The van der Waals surface area contributed by atoms with Crippen molar-refractivity contribution in [3.05, 3.63) is 59.7 Å². The van der Waals surface area contributed by atoms with Gasteiger partial charge < -0.3 is 15.0 Å². The lowest BCUT2D eigenvalue weighted by Crippen LogP contribution is -2.57. The first-order valence-electron chi connectivity index (χ1n) is 9.44. The maximum Gasteiger partial charge on any atom is 0.258 e. The van der Waals surface area contributed by atoms with Gasteiger partial charge in [0.2, 0.25) is 0 Å². The van der Waals surface area contributed by atoms with Gasteiger partial charge in [-0.2, -0.15) is 0 Å². The number of anilines is 1. The maximum absolute atomic E-state index is 13.1. The van der Waals surface area contributed by atoms with Gasteiger partial charge in [-0.1, -0.05) is 45.0 Å². The highest BCUT2D eigenvalue weighted by Gasteiger charge is 2.43. The lowest BCUT2D eigenvalue weighted by atomic mass is 9.89. The zero-order chi connectivity index (χ0) is 18.7. The molecular formula is C22H28N2O2. The van der Waals surface area contributed by atoms with Crippen LogP contribution in [0.2, 0.25) is 0 Å². The van der Waals surface area contributed by atoms with E-state index in [0.717, 1.165) is 29.0 Å². The lowest BCUT2D eigenvalue weighted by molar-refractivity contribution is 0.0503. The summed E-state index contributed by atoms with van der Waals surface area (Å²) in [6, 6.07) is 15.9. The summed E-state index contributed by atoms with van der Waals surface area (Å²) in [5, 5.41) is 3.64. The second-order valence-electron chi connectivity index (χ2n) is 7.16. The summed E-state index contributed by atoms with van der Waals surface area (Å²) >= 11 is 0. The molecule has 2 aromatic carbocycles. The van der Waals surface area contributed by atoms with Crippen LogP contribution in [0.4, 0.5) is 5.69 Å². The van der Waals surface area contributed by atoms with Crippen LogP contribution in [-0.4, -0.2) is 24.0 Å². The van der Waals surface area contributed by atoms with Gasteiger partial charge in [0.1, 0.15) is 11.4 Å². The number of benzene rings is 2. The molecule has 1 atom stereocenters. The number of hydrogen-bond donors (Lipinski definition) is 1. The molecule has 4 nitrogen and oxygen atoms in total. The van der Waals surface area contributed by atoms with Gasteiger partial charge in [0.15, 0.2) is 0 Å². The Kier molecular flexibility index (Phi) is 5.21. The normalized spacial score (nSPS) is 19.3. The summed E-state index contributed by atoms with van der Waals surface area (Å²) in [6.45, 7) is 9.74. The molecule has 26 heavy (non-hydrogen) atoms. The van der Waals surface area contributed by atoms with Gasteiger partial charge in [0.05, 0.1) is 12.2 Å². The van der Waals surface area contributed by atoms with Crippen molar-refractivity contribution in [1.29, 1.82) is 0 Å². The molecule has 0 saturated heterocycles. The summed E-state index contributed by atoms with van der Waals surface area (Å²) in [5.41, 5.74) is 2.15. The molecule has 0 aromatic heterocycles. The topological polar surface area (TPSA) is 41.6 Å². The number of ether oxygens (including phenoxy) is 1. The molecule has 0 saturated carbocycles. The summed E-state index contributed by atoms with van der Waals surface area (Å²) in [4.78, 5) is 15.0. The molecule has 0 fully saturated rings. The lowest BCUT2D eigenvalue weighted by Gasteiger charge is -2.48. The average Bonchev–Trinajstić information content (AvgIpc) is 2.66. The summed E-state index contributed by atoms with van der Waals surface area (Å²) in [7, 11) is 0. The van der Waals surface area contributed by atoms with Crippen molar-refractivity contribution in [2.24, 2.45) is 5.92 Å². The third-order valence-corrected chi connectivity index (χ3v) is 4.95. The number of nitrogens with one attached hydrogen (secondary N) is 1. The monoisotopic (exact) mass is 352 g/mol. The second kappa shape index (κ2) is 7.40. The highest BCUT2D eigenvalue weighted by Crippen LogP contribution is 2.40. The molecule has 1 unspecified atom stereocenters. The number of carbonyl (C=O) groups excluding carboxylic acids is 1. The molecule has 0 aliphatic carbocycles. The summed E-state index contributed by atoms with van der Waals surface area (Å²) in [5.74, 6) is 1.42. The van der Waals surface area contributed by atoms with Gasteiger partial charge in [-0.3, -0.25) is 4.79 Å². The number of nitrogens with zero attached hydrogens (tertiary/aromatic N) is 1. The first-order valence-corrected chi connectivity index (χ1v) is 9.44. The molecule has 138 valence electrons. The van der Waals surface area contributed by atoms with E-state index in [1.165, 1.54) is 0 Å². The fourth-order valence-electron chi connectivity index (χ4n) is 3.60. The SMILES string of the molecule is CCN1C(=O)c2ccccc2NC1(CC)c1ccc(OCC(C)C)cc1. The van der Waals surface area contributed by atoms with E-state index in [4.69, 9.17) is 4.74 Å². The number of amides is 1. The van der Waals surface area contributed by atoms with Gasteiger partial charge in [-0.05, 0) is 49.1 Å². The third kappa shape index (κ3) is 3.16. The minimum absolute atomic E-state index is 0.0730. The Balaban J connectivity index is 1.98. The van der Waals surface area contributed by atoms with Crippen molar-refractivity contribution in [3.63, 3.8) is 0 Å². The molecule has 0 radical (unpaired) electrons. The number of rotatable bonds is 6. The van der Waals surface area contributed by atoms with Crippen molar-refractivity contribution in [1.82, 2.24) is 4.90 Å². The van der Waals surface area contributed by atoms with E-state index in [0.29, 0.717) is 19.1 Å².